The highest BCUT2D eigenvalue weighted by molar-refractivity contribution is 5.78. The van der Waals surface area contributed by atoms with Gasteiger partial charge in [0.2, 0.25) is 0 Å². The smallest absolute Gasteiger partial charge is 0.331 e. The van der Waals surface area contributed by atoms with Crippen molar-refractivity contribution in [3.8, 4) is 11.4 Å². The molecule has 0 saturated heterocycles. The molecule has 90 valence electrons. The average molecular weight is 244 g/mol. The van der Waals surface area contributed by atoms with Gasteiger partial charge in [0, 0.05) is 0 Å². The van der Waals surface area contributed by atoms with Gasteiger partial charge in [0.15, 0.2) is 0 Å². The van der Waals surface area contributed by atoms with Crippen molar-refractivity contribution in [2.75, 3.05) is 0 Å². The van der Waals surface area contributed by atoms with Crippen molar-refractivity contribution in [2.24, 2.45) is 0 Å². The Kier molecular flexibility index (Phi) is 2.19. The number of fused-ring (bicyclic) bond motifs is 1. The standard InChI is InChI=1S/C13H9FN2O2/c14-8-5-6-10-9(7-8)15-13(18)16(10)11-3-1-2-4-12(11)17/h1-7,17H,(H,15,18). The Hall–Kier alpha value is -2.56. The van der Waals surface area contributed by atoms with Gasteiger partial charge in [-0.3, -0.25) is 4.57 Å². The first-order chi connectivity index (χ1) is 8.66. The van der Waals surface area contributed by atoms with Gasteiger partial charge in [0.1, 0.15) is 11.6 Å². The van der Waals surface area contributed by atoms with Gasteiger partial charge in [-0.15, -0.1) is 0 Å². The van der Waals surface area contributed by atoms with Gasteiger partial charge < -0.3 is 10.1 Å². The number of phenolic OH excluding ortho intramolecular Hbond substituents is 1. The number of nitrogens with one attached hydrogen (secondary N) is 1. The Morgan fingerprint density at radius 1 is 1.17 bits per heavy atom. The summed E-state index contributed by atoms with van der Waals surface area (Å²) in [4.78, 5) is 14.4. The molecule has 3 rings (SSSR count). The molecule has 18 heavy (non-hydrogen) atoms. The third-order valence-electron chi connectivity index (χ3n) is 2.77. The maximum atomic E-state index is 13.1. The minimum absolute atomic E-state index is 0.00942. The number of para-hydroxylation sites is 2. The van der Waals surface area contributed by atoms with Crippen LogP contribution in [-0.2, 0) is 0 Å². The Labute approximate surface area is 101 Å². The molecule has 0 aliphatic carbocycles. The van der Waals surface area contributed by atoms with Gasteiger partial charge in [-0.2, -0.15) is 0 Å². The summed E-state index contributed by atoms with van der Waals surface area (Å²) in [6.07, 6.45) is 0. The van der Waals surface area contributed by atoms with Gasteiger partial charge in [-0.1, -0.05) is 12.1 Å². The fraction of sp³-hybridized carbons (Fsp3) is 0. The molecule has 0 aliphatic heterocycles. The van der Waals surface area contributed by atoms with Crippen molar-refractivity contribution in [3.63, 3.8) is 0 Å². The molecule has 0 atom stereocenters. The molecule has 2 aromatic carbocycles. The third-order valence-corrected chi connectivity index (χ3v) is 2.77. The second-order valence-electron chi connectivity index (χ2n) is 3.92. The van der Waals surface area contributed by atoms with Crippen LogP contribution in [-0.4, -0.2) is 14.7 Å². The lowest BCUT2D eigenvalue weighted by molar-refractivity contribution is 0.472. The summed E-state index contributed by atoms with van der Waals surface area (Å²) in [5, 5.41) is 9.77. The molecule has 0 aliphatic rings. The number of aromatic nitrogens is 2. The number of hydrogen-bond donors (Lipinski definition) is 2. The number of H-pyrrole nitrogens is 1. The van der Waals surface area contributed by atoms with Crippen LogP contribution in [0.2, 0.25) is 0 Å². The topological polar surface area (TPSA) is 58.0 Å². The van der Waals surface area contributed by atoms with E-state index in [0.29, 0.717) is 16.7 Å². The highest BCUT2D eigenvalue weighted by Gasteiger charge is 2.11. The fourth-order valence-electron chi connectivity index (χ4n) is 1.98. The summed E-state index contributed by atoms with van der Waals surface area (Å²) in [6, 6.07) is 10.5. The minimum atomic E-state index is -0.423. The second-order valence-corrected chi connectivity index (χ2v) is 3.92. The highest BCUT2D eigenvalue weighted by atomic mass is 19.1. The van der Waals surface area contributed by atoms with Crippen molar-refractivity contribution in [1.29, 1.82) is 0 Å². The molecule has 2 N–H and O–H groups in total. The van der Waals surface area contributed by atoms with E-state index in [-0.39, 0.29) is 5.75 Å². The van der Waals surface area contributed by atoms with Crippen molar-refractivity contribution in [1.82, 2.24) is 9.55 Å². The van der Waals surface area contributed by atoms with E-state index in [1.807, 2.05) is 0 Å². The van der Waals surface area contributed by atoms with Gasteiger partial charge in [0.25, 0.3) is 0 Å². The molecule has 0 unspecified atom stereocenters. The molecule has 0 radical (unpaired) electrons. The lowest BCUT2D eigenvalue weighted by Crippen LogP contribution is -2.14. The van der Waals surface area contributed by atoms with Crippen LogP contribution in [0.25, 0.3) is 16.7 Å². The zero-order chi connectivity index (χ0) is 12.7. The SMILES string of the molecule is O=c1[nH]c2cc(F)ccc2n1-c1ccccc1O. The van der Waals surface area contributed by atoms with Gasteiger partial charge in [-0.25, -0.2) is 9.18 Å². The molecule has 0 bridgehead atoms. The summed E-state index contributed by atoms with van der Waals surface area (Å²) in [7, 11) is 0. The molecule has 5 heteroatoms. The molecule has 4 nitrogen and oxygen atoms in total. The van der Waals surface area contributed by atoms with Crippen molar-refractivity contribution >= 4 is 11.0 Å². The Morgan fingerprint density at radius 2 is 1.94 bits per heavy atom. The molecule has 0 amide bonds. The van der Waals surface area contributed by atoms with Gasteiger partial charge in [-0.05, 0) is 30.3 Å². The number of rotatable bonds is 1. The number of aromatic hydroxyl groups is 1. The maximum Gasteiger partial charge on any atom is 0.331 e. The van der Waals surface area contributed by atoms with Gasteiger partial charge in [0.05, 0.1) is 16.7 Å². The van der Waals surface area contributed by atoms with Crippen LogP contribution in [0, 0.1) is 5.82 Å². The lowest BCUT2D eigenvalue weighted by atomic mass is 10.2. The largest absolute Gasteiger partial charge is 0.506 e. The molecule has 0 fully saturated rings. The monoisotopic (exact) mass is 244 g/mol. The molecule has 0 saturated carbocycles. The summed E-state index contributed by atoms with van der Waals surface area (Å²) >= 11 is 0. The summed E-state index contributed by atoms with van der Waals surface area (Å²) in [5.41, 5.74) is 0.851. The van der Waals surface area contributed by atoms with Crippen LogP contribution in [0.1, 0.15) is 0 Å². The number of benzene rings is 2. The Bertz CT molecular complexity index is 789. The maximum absolute atomic E-state index is 13.1. The minimum Gasteiger partial charge on any atom is -0.506 e. The third kappa shape index (κ3) is 1.48. The number of nitrogens with zero attached hydrogens (tertiary/aromatic N) is 1. The summed E-state index contributed by atoms with van der Waals surface area (Å²) in [5.74, 6) is -0.432. The normalized spacial score (nSPS) is 10.9. The molecule has 3 aromatic rings. The second kappa shape index (κ2) is 3.73. The average Bonchev–Trinajstić information content (AvgIpc) is 2.65. The van der Waals surface area contributed by atoms with Crippen LogP contribution in [0.15, 0.2) is 47.3 Å². The van der Waals surface area contributed by atoms with E-state index in [1.54, 1.807) is 18.2 Å². The first-order valence-corrected chi connectivity index (χ1v) is 5.35. The van der Waals surface area contributed by atoms with Crippen LogP contribution in [0.3, 0.4) is 0 Å². The summed E-state index contributed by atoms with van der Waals surface area (Å²) < 4.78 is 14.4. The van der Waals surface area contributed by atoms with Crippen LogP contribution in [0.5, 0.6) is 5.75 Å². The first kappa shape index (κ1) is 10.6. The van der Waals surface area contributed by atoms with Gasteiger partial charge >= 0.3 is 5.69 Å². The predicted molar refractivity (Wildman–Crippen MR) is 65.5 cm³/mol. The number of hydrogen-bond acceptors (Lipinski definition) is 2. The number of aromatic amines is 1. The lowest BCUT2D eigenvalue weighted by Gasteiger charge is -2.05. The van der Waals surface area contributed by atoms with Crippen LogP contribution < -0.4 is 5.69 Å². The zero-order valence-electron chi connectivity index (χ0n) is 9.22. The predicted octanol–water partition coefficient (Wildman–Crippen LogP) is 2.16. The molecular weight excluding hydrogens is 235 g/mol. The van der Waals surface area contributed by atoms with E-state index < -0.39 is 11.5 Å². The molecule has 1 aromatic heterocycles. The van der Waals surface area contributed by atoms with E-state index in [4.69, 9.17) is 0 Å². The van der Waals surface area contributed by atoms with E-state index in [9.17, 15) is 14.3 Å². The van der Waals surface area contributed by atoms with E-state index in [1.165, 1.54) is 28.8 Å². The first-order valence-electron chi connectivity index (χ1n) is 5.35. The molecule has 1 heterocycles. The quantitative estimate of drug-likeness (QED) is 0.689. The number of imidazole rings is 1. The zero-order valence-corrected chi connectivity index (χ0v) is 9.22. The fourth-order valence-corrected chi connectivity index (χ4v) is 1.98. The molecule has 0 spiro atoms. The van der Waals surface area contributed by atoms with E-state index in [2.05, 4.69) is 4.98 Å². The molecular formula is C13H9FN2O2. The highest BCUT2D eigenvalue weighted by Crippen LogP contribution is 2.23. The van der Waals surface area contributed by atoms with Crippen molar-refractivity contribution < 1.29 is 9.50 Å². The van der Waals surface area contributed by atoms with Crippen molar-refractivity contribution in [2.45, 2.75) is 0 Å². The van der Waals surface area contributed by atoms with E-state index in [0.717, 1.165) is 0 Å². The number of phenols is 1. The Balaban J connectivity index is 2.40. The van der Waals surface area contributed by atoms with Crippen LogP contribution in [0.4, 0.5) is 4.39 Å². The number of halogens is 1. The summed E-state index contributed by atoms with van der Waals surface area (Å²) in [6.45, 7) is 0. The van der Waals surface area contributed by atoms with E-state index >= 15 is 0 Å². The Morgan fingerprint density at radius 3 is 2.72 bits per heavy atom. The van der Waals surface area contributed by atoms with Crippen molar-refractivity contribution in [3.05, 3.63) is 58.8 Å². The van der Waals surface area contributed by atoms with Crippen LogP contribution >= 0.6 is 0 Å².